The van der Waals surface area contributed by atoms with Crippen LogP contribution in [0.3, 0.4) is 0 Å². The lowest BCUT2D eigenvalue weighted by Gasteiger charge is -2.07. The molecule has 1 aromatic heterocycles. The Morgan fingerprint density at radius 3 is 2.50 bits per heavy atom. The number of alkyl halides is 3. The Morgan fingerprint density at radius 1 is 1.36 bits per heavy atom. The van der Waals surface area contributed by atoms with Gasteiger partial charge in [-0.3, -0.25) is 4.68 Å². The van der Waals surface area contributed by atoms with Gasteiger partial charge in [-0.15, -0.1) is 0 Å². The third kappa shape index (κ3) is 2.88. The summed E-state index contributed by atoms with van der Waals surface area (Å²) in [6.07, 6.45) is -4.60. The molecule has 0 radical (unpaired) electrons. The van der Waals surface area contributed by atoms with Gasteiger partial charge in [0.2, 0.25) is 0 Å². The molecule has 0 atom stereocenters. The Kier molecular flexibility index (Phi) is 4.08. The molecule has 2 aromatic rings. The quantitative estimate of drug-likeness (QED) is 0.885. The molecular formula is C14H12F4N4. The molecule has 1 heterocycles. The Hall–Kier alpha value is -2.56. The number of halogens is 4. The maximum atomic E-state index is 13.8. The van der Waals surface area contributed by atoms with Crippen LogP contribution in [-0.2, 0) is 12.7 Å². The molecule has 1 aromatic carbocycles. The highest BCUT2D eigenvalue weighted by molar-refractivity contribution is 5.53. The van der Waals surface area contributed by atoms with E-state index in [-0.39, 0.29) is 29.1 Å². The summed E-state index contributed by atoms with van der Waals surface area (Å²) in [5.41, 5.74) is -0.631. The molecule has 0 amide bonds. The van der Waals surface area contributed by atoms with Gasteiger partial charge in [-0.25, -0.2) is 4.39 Å². The number of anilines is 1. The van der Waals surface area contributed by atoms with Gasteiger partial charge in [-0.05, 0) is 19.1 Å². The Bertz CT molecular complexity index is 741. The Balaban J connectivity index is 2.43. The number of hydrogen-bond donors (Lipinski definition) is 1. The summed E-state index contributed by atoms with van der Waals surface area (Å²) in [5.74, 6) is -0.659. The second-order valence-corrected chi connectivity index (χ2v) is 4.63. The van der Waals surface area contributed by atoms with Crippen molar-refractivity contribution in [3.05, 3.63) is 46.5 Å². The normalized spacial score (nSPS) is 11.3. The lowest BCUT2D eigenvalue weighted by molar-refractivity contribution is -0.140. The molecule has 0 saturated heterocycles. The van der Waals surface area contributed by atoms with Crippen molar-refractivity contribution < 1.29 is 17.6 Å². The maximum Gasteiger partial charge on any atom is 0.437 e. The van der Waals surface area contributed by atoms with E-state index in [1.807, 2.05) is 0 Å². The molecule has 4 nitrogen and oxygen atoms in total. The molecule has 8 heteroatoms. The van der Waals surface area contributed by atoms with Crippen LogP contribution in [0.2, 0.25) is 0 Å². The first-order chi connectivity index (χ1) is 10.3. The molecule has 0 aliphatic rings. The molecule has 22 heavy (non-hydrogen) atoms. The Labute approximate surface area is 124 Å². The number of benzene rings is 1. The molecule has 0 fully saturated rings. The fraction of sp³-hybridized carbons (Fsp3) is 0.286. The van der Waals surface area contributed by atoms with Crippen molar-refractivity contribution in [3.8, 4) is 6.07 Å². The lowest BCUT2D eigenvalue weighted by atomic mass is 10.1. The van der Waals surface area contributed by atoms with Crippen LogP contribution < -0.4 is 5.32 Å². The van der Waals surface area contributed by atoms with Crippen LogP contribution in [0.4, 0.5) is 23.2 Å². The van der Waals surface area contributed by atoms with Gasteiger partial charge in [-0.1, -0.05) is 6.07 Å². The zero-order chi connectivity index (χ0) is 16.5. The number of nitrogens with one attached hydrogen (secondary N) is 1. The third-order valence-electron chi connectivity index (χ3n) is 3.23. The summed E-state index contributed by atoms with van der Waals surface area (Å²) >= 11 is 0. The van der Waals surface area contributed by atoms with E-state index in [2.05, 4.69) is 10.4 Å². The van der Waals surface area contributed by atoms with Gasteiger partial charge in [0.25, 0.3) is 0 Å². The van der Waals surface area contributed by atoms with Gasteiger partial charge < -0.3 is 5.32 Å². The fourth-order valence-electron chi connectivity index (χ4n) is 2.10. The van der Waals surface area contributed by atoms with Gasteiger partial charge in [0.05, 0.1) is 29.6 Å². The average Bonchev–Trinajstić information content (AvgIpc) is 2.77. The lowest BCUT2D eigenvalue weighted by Crippen LogP contribution is -2.10. The van der Waals surface area contributed by atoms with Crippen molar-refractivity contribution in [3.63, 3.8) is 0 Å². The van der Waals surface area contributed by atoms with Crippen molar-refractivity contribution >= 4 is 5.69 Å². The van der Waals surface area contributed by atoms with Crippen molar-refractivity contribution in [2.75, 3.05) is 12.4 Å². The van der Waals surface area contributed by atoms with Gasteiger partial charge in [0, 0.05) is 12.6 Å². The fourth-order valence-corrected chi connectivity index (χ4v) is 2.10. The molecule has 0 saturated carbocycles. The highest BCUT2D eigenvalue weighted by Crippen LogP contribution is 2.35. The molecule has 0 aliphatic heterocycles. The zero-order valence-electron chi connectivity index (χ0n) is 11.8. The maximum absolute atomic E-state index is 13.8. The van der Waals surface area contributed by atoms with E-state index in [0.717, 1.165) is 10.7 Å². The zero-order valence-corrected chi connectivity index (χ0v) is 11.8. The Morgan fingerprint density at radius 2 is 2.05 bits per heavy atom. The third-order valence-corrected chi connectivity index (χ3v) is 3.23. The van der Waals surface area contributed by atoms with Gasteiger partial charge in [-0.2, -0.15) is 23.5 Å². The number of nitrogens with zero attached hydrogens (tertiary/aromatic N) is 3. The first-order valence-electron chi connectivity index (χ1n) is 6.28. The number of nitriles is 1. The molecule has 0 bridgehead atoms. The van der Waals surface area contributed by atoms with Crippen molar-refractivity contribution in [2.45, 2.75) is 19.6 Å². The molecule has 2 rings (SSSR count). The monoisotopic (exact) mass is 312 g/mol. The van der Waals surface area contributed by atoms with E-state index in [1.54, 1.807) is 6.07 Å². The predicted molar refractivity (Wildman–Crippen MR) is 71.7 cm³/mol. The molecule has 0 spiro atoms. The minimum atomic E-state index is -4.60. The van der Waals surface area contributed by atoms with Crippen LogP contribution in [0.15, 0.2) is 18.2 Å². The standard InChI is InChI=1S/C14H12F4N4/c1-8-12(20-2)13(14(16,17)18)21-22(8)7-10-4-3-9(6-19)5-11(10)15/h3-5,20H,7H2,1-2H3. The summed E-state index contributed by atoms with van der Waals surface area (Å²) in [6, 6.07) is 5.60. The van der Waals surface area contributed by atoms with E-state index < -0.39 is 17.7 Å². The minimum absolute atomic E-state index is 0.137. The van der Waals surface area contributed by atoms with E-state index in [4.69, 9.17) is 5.26 Å². The largest absolute Gasteiger partial charge is 0.437 e. The first kappa shape index (κ1) is 15.8. The van der Waals surface area contributed by atoms with Crippen molar-refractivity contribution in [1.82, 2.24) is 9.78 Å². The van der Waals surface area contributed by atoms with Crippen LogP contribution >= 0.6 is 0 Å². The van der Waals surface area contributed by atoms with E-state index in [0.29, 0.717) is 0 Å². The van der Waals surface area contributed by atoms with Crippen molar-refractivity contribution in [2.24, 2.45) is 0 Å². The summed E-state index contributed by atoms with van der Waals surface area (Å²) in [6.45, 7) is 1.31. The van der Waals surface area contributed by atoms with E-state index in [9.17, 15) is 17.6 Å². The second-order valence-electron chi connectivity index (χ2n) is 4.63. The van der Waals surface area contributed by atoms with Crippen molar-refractivity contribution in [1.29, 1.82) is 5.26 Å². The number of hydrogen-bond acceptors (Lipinski definition) is 3. The van der Waals surface area contributed by atoms with E-state index in [1.165, 1.54) is 26.1 Å². The second kappa shape index (κ2) is 5.67. The smallest absolute Gasteiger partial charge is 0.385 e. The highest BCUT2D eigenvalue weighted by atomic mass is 19.4. The first-order valence-corrected chi connectivity index (χ1v) is 6.28. The molecule has 0 unspecified atom stereocenters. The molecule has 116 valence electrons. The topological polar surface area (TPSA) is 53.6 Å². The van der Waals surface area contributed by atoms with Crippen LogP contribution in [0.1, 0.15) is 22.5 Å². The van der Waals surface area contributed by atoms with Crippen LogP contribution in [0.5, 0.6) is 0 Å². The summed E-state index contributed by atoms with van der Waals surface area (Å²) < 4.78 is 53.7. The van der Waals surface area contributed by atoms with Crippen LogP contribution in [0.25, 0.3) is 0 Å². The predicted octanol–water partition coefficient (Wildman–Crippen LogP) is 3.31. The molecule has 0 aliphatic carbocycles. The van der Waals surface area contributed by atoms with Crippen LogP contribution in [-0.4, -0.2) is 16.8 Å². The average molecular weight is 312 g/mol. The van der Waals surface area contributed by atoms with Gasteiger partial charge in [0.15, 0.2) is 5.69 Å². The molecular weight excluding hydrogens is 300 g/mol. The summed E-state index contributed by atoms with van der Waals surface area (Å²) in [5, 5.41) is 14.7. The van der Waals surface area contributed by atoms with Gasteiger partial charge in [0.1, 0.15) is 5.82 Å². The molecule has 1 N–H and O–H groups in total. The number of rotatable bonds is 3. The summed E-state index contributed by atoms with van der Waals surface area (Å²) in [4.78, 5) is 0. The highest BCUT2D eigenvalue weighted by Gasteiger charge is 2.38. The van der Waals surface area contributed by atoms with E-state index >= 15 is 0 Å². The SMILES string of the molecule is CNc1c(C(F)(F)F)nn(Cc2ccc(C#N)cc2F)c1C. The van der Waals surface area contributed by atoms with Crippen LogP contribution in [0, 0.1) is 24.1 Å². The minimum Gasteiger partial charge on any atom is -0.385 e. The summed E-state index contributed by atoms with van der Waals surface area (Å²) in [7, 11) is 1.37. The van der Waals surface area contributed by atoms with Gasteiger partial charge >= 0.3 is 6.18 Å². The number of aromatic nitrogens is 2.